The third-order valence-corrected chi connectivity index (χ3v) is 6.01. The van der Waals surface area contributed by atoms with E-state index in [9.17, 15) is 9.18 Å². The molecule has 0 bridgehead atoms. The minimum absolute atomic E-state index is 0.264. The first-order chi connectivity index (χ1) is 16.0. The number of carbonyl (C=O) groups excluding carboxylic acids is 1. The molecule has 0 aliphatic carbocycles. The first kappa shape index (κ1) is 22.8. The van der Waals surface area contributed by atoms with Crippen LogP contribution in [0.3, 0.4) is 0 Å². The number of pyridine rings is 1. The smallest absolute Gasteiger partial charge is 0.237 e. The molecular formula is C23H19ClFN5O2S. The van der Waals surface area contributed by atoms with Crippen LogP contribution < -0.4 is 10.1 Å². The average Bonchev–Trinajstić information content (AvgIpc) is 3.23. The molecule has 1 N–H and O–H groups in total. The summed E-state index contributed by atoms with van der Waals surface area (Å²) < 4.78 is 20.6. The summed E-state index contributed by atoms with van der Waals surface area (Å²) in [6, 6.07) is 14.6. The van der Waals surface area contributed by atoms with Gasteiger partial charge in [0.15, 0.2) is 11.0 Å². The molecule has 0 spiro atoms. The van der Waals surface area contributed by atoms with Crippen molar-refractivity contribution in [2.24, 2.45) is 0 Å². The predicted octanol–water partition coefficient (Wildman–Crippen LogP) is 5.25. The molecular weight excluding hydrogens is 465 g/mol. The molecule has 33 heavy (non-hydrogen) atoms. The Morgan fingerprint density at radius 1 is 1.12 bits per heavy atom. The van der Waals surface area contributed by atoms with Crippen LogP contribution in [0, 0.1) is 5.82 Å². The molecule has 0 saturated heterocycles. The number of ether oxygens (including phenoxy) is 1. The number of thioether (sulfide) groups is 1. The van der Waals surface area contributed by atoms with Gasteiger partial charge in [0.1, 0.15) is 11.6 Å². The first-order valence-corrected chi connectivity index (χ1v) is 11.1. The number of nitrogens with zero attached hydrogens (tertiary/aromatic N) is 4. The molecule has 0 aliphatic heterocycles. The van der Waals surface area contributed by atoms with Crippen LogP contribution in [0.15, 0.2) is 72.1 Å². The van der Waals surface area contributed by atoms with Crippen molar-refractivity contribution >= 4 is 35.0 Å². The summed E-state index contributed by atoms with van der Waals surface area (Å²) in [5, 5.41) is 11.9. The lowest BCUT2D eigenvalue weighted by molar-refractivity contribution is -0.115. The maximum Gasteiger partial charge on any atom is 0.237 e. The normalized spacial score (nSPS) is 11.8. The zero-order chi connectivity index (χ0) is 23.4. The van der Waals surface area contributed by atoms with Crippen LogP contribution >= 0.6 is 23.4 Å². The molecule has 2 aromatic carbocycles. The molecule has 1 atom stereocenters. The average molecular weight is 484 g/mol. The van der Waals surface area contributed by atoms with Crippen molar-refractivity contribution < 1.29 is 13.9 Å². The Hall–Kier alpha value is -3.43. The summed E-state index contributed by atoms with van der Waals surface area (Å²) in [6.07, 6.45) is 3.31. The number of hydrogen-bond donors (Lipinski definition) is 1. The lowest BCUT2D eigenvalue weighted by Gasteiger charge is -2.15. The lowest BCUT2D eigenvalue weighted by atomic mass is 10.2. The molecule has 0 saturated carbocycles. The van der Waals surface area contributed by atoms with Crippen LogP contribution in [0.25, 0.3) is 17.1 Å². The van der Waals surface area contributed by atoms with Crippen LogP contribution in [0.2, 0.25) is 5.02 Å². The summed E-state index contributed by atoms with van der Waals surface area (Å²) in [5.74, 6) is 0.435. The van der Waals surface area contributed by atoms with Gasteiger partial charge in [0.2, 0.25) is 5.91 Å². The van der Waals surface area contributed by atoms with E-state index in [-0.39, 0.29) is 11.7 Å². The quantitative estimate of drug-likeness (QED) is 0.361. The van der Waals surface area contributed by atoms with Gasteiger partial charge in [-0.25, -0.2) is 4.39 Å². The minimum atomic E-state index is -0.539. The summed E-state index contributed by atoms with van der Waals surface area (Å²) in [7, 11) is 1.52. The van der Waals surface area contributed by atoms with Gasteiger partial charge in [-0.05, 0) is 61.5 Å². The number of aromatic nitrogens is 4. The molecule has 0 aliphatic rings. The second-order valence-electron chi connectivity index (χ2n) is 6.95. The molecule has 2 aromatic heterocycles. The van der Waals surface area contributed by atoms with E-state index in [1.54, 1.807) is 66.3 Å². The summed E-state index contributed by atoms with van der Waals surface area (Å²) >= 11 is 7.29. The molecule has 2 heterocycles. The Bertz CT molecular complexity index is 1270. The van der Waals surface area contributed by atoms with Gasteiger partial charge in [-0.15, -0.1) is 10.2 Å². The standard InChI is InChI=1S/C23H19ClFN5O2S/c1-14(22(31)27-19-13-16(24)3-8-20(19)32-2)33-23-29-28-21(15-9-11-26-12-10-15)30(23)18-6-4-17(25)5-7-18/h3-14H,1-2H3,(H,27,31). The molecule has 168 valence electrons. The Kier molecular flexibility index (Phi) is 6.90. The third kappa shape index (κ3) is 5.15. The van der Waals surface area contributed by atoms with Gasteiger partial charge >= 0.3 is 0 Å². The fourth-order valence-electron chi connectivity index (χ4n) is 3.08. The number of rotatable bonds is 7. The molecule has 10 heteroatoms. The SMILES string of the molecule is COc1ccc(Cl)cc1NC(=O)C(C)Sc1nnc(-c2ccncc2)n1-c1ccc(F)cc1. The Balaban J connectivity index is 1.64. The van der Waals surface area contributed by atoms with Crippen molar-refractivity contribution in [3.05, 3.63) is 77.8 Å². The van der Waals surface area contributed by atoms with E-state index in [2.05, 4.69) is 20.5 Å². The number of anilines is 1. The molecule has 4 rings (SSSR count). The van der Waals surface area contributed by atoms with Crippen LogP contribution in [0.5, 0.6) is 5.75 Å². The van der Waals surface area contributed by atoms with Gasteiger partial charge in [0.25, 0.3) is 0 Å². The Morgan fingerprint density at radius 2 is 1.85 bits per heavy atom. The second-order valence-corrected chi connectivity index (χ2v) is 8.69. The highest BCUT2D eigenvalue weighted by atomic mass is 35.5. The first-order valence-electron chi connectivity index (χ1n) is 9.89. The molecule has 0 fully saturated rings. The predicted molar refractivity (Wildman–Crippen MR) is 127 cm³/mol. The molecule has 1 unspecified atom stereocenters. The zero-order valence-electron chi connectivity index (χ0n) is 17.7. The minimum Gasteiger partial charge on any atom is -0.495 e. The maximum absolute atomic E-state index is 13.5. The van der Waals surface area contributed by atoms with Gasteiger partial charge in [0.05, 0.1) is 18.0 Å². The van der Waals surface area contributed by atoms with Crippen molar-refractivity contribution in [1.29, 1.82) is 0 Å². The van der Waals surface area contributed by atoms with E-state index in [1.807, 2.05) is 0 Å². The van der Waals surface area contributed by atoms with E-state index < -0.39 is 5.25 Å². The number of amides is 1. The van der Waals surface area contributed by atoms with E-state index in [0.29, 0.717) is 33.1 Å². The Labute approximate surface area is 199 Å². The van der Waals surface area contributed by atoms with E-state index in [0.717, 1.165) is 5.56 Å². The fraction of sp³-hybridized carbons (Fsp3) is 0.130. The number of hydrogen-bond acceptors (Lipinski definition) is 6. The highest BCUT2D eigenvalue weighted by Crippen LogP contribution is 2.32. The van der Waals surface area contributed by atoms with Crippen LogP contribution in [0.4, 0.5) is 10.1 Å². The summed E-state index contributed by atoms with van der Waals surface area (Å²) in [4.78, 5) is 17.0. The van der Waals surface area contributed by atoms with Crippen molar-refractivity contribution in [2.45, 2.75) is 17.3 Å². The second kappa shape index (κ2) is 10.0. The molecule has 4 aromatic rings. The highest BCUT2D eigenvalue weighted by molar-refractivity contribution is 8.00. The number of methoxy groups -OCH3 is 1. The van der Waals surface area contributed by atoms with Gasteiger partial charge in [-0.2, -0.15) is 0 Å². The maximum atomic E-state index is 13.5. The number of carbonyl (C=O) groups is 1. The van der Waals surface area contributed by atoms with Crippen LogP contribution in [0.1, 0.15) is 6.92 Å². The van der Waals surface area contributed by atoms with Crippen molar-refractivity contribution in [3.63, 3.8) is 0 Å². The largest absolute Gasteiger partial charge is 0.495 e. The van der Waals surface area contributed by atoms with Crippen LogP contribution in [-0.4, -0.2) is 38.0 Å². The third-order valence-electron chi connectivity index (χ3n) is 4.73. The van der Waals surface area contributed by atoms with Gasteiger partial charge in [-0.1, -0.05) is 23.4 Å². The fourth-order valence-corrected chi connectivity index (χ4v) is 4.12. The zero-order valence-corrected chi connectivity index (χ0v) is 19.3. The number of halogens is 2. The molecule has 1 amide bonds. The van der Waals surface area contributed by atoms with Crippen molar-refractivity contribution in [3.8, 4) is 22.8 Å². The highest BCUT2D eigenvalue weighted by Gasteiger charge is 2.23. The number of benzene rings is 2. The van der Waals surface area contributed by atoms with Gasteiger partial charge in [0, 0.05) is 28.7 Å². The van der Waals surface area contributed by atoms with Gasteiger partial charge in [-0.3, -0.25) is 14.3 Å². The topological polar surface area (TPSA) is 81.9 Å². The van der Waals surface area contributed by atoms with E-state index >= 15 is 0 Å². The monoisotopic (exact) mass is 483 g/mol. The summed E-state index contributed by atoms with van der Waals surface area (Å²) in [5.41, 5.74) is 1.93. The molecule has 7 nitrogen and oxygen atoms in total. The van der Waals surface area contributed by atoms with Crippen molar-refractivity contribution in [1.82, 2.24) is 19.7 Å². The van der Waals surface area contributed by atoms with Gasteiger partial charge < -0.3 is 10.1 Å². The van der Waals surface area contributed by atoms with E-state index in [1.165, 1.54) is 31.0 Å². The van der Waals surface area contributed by atoms with E-state index in [4.69, 9.17) is 16.3 Å². The lowest BCUT2D eigenvalue weighted by Crippen LogP contribution is -2.23. The number of nitrogens with one attached hydrogen (secondary N) is 1. The van der Waals surface area contributed by atoms with Crippen LogP contribution in [-0.2, 0) is 4.79 Å². The van der Waals surface area contributed by atoms with Crippen molar-refractivity contribution in [2.75, 3.05) is 12.4 Å². The summed E-state index contributed by atoms with van der Waals surface area (Å²) in [6.45, 7) is 1.76. The molecule has 0 radical (unpaired) electrons. The Morgan fingerprint density at radius 3 is 2.55 bits per heavy atom.